The third-order valence-corrected chi connectivity index (χ3v) is 4.72. The molecule has 0 nitrogen and oxygen atoms in total. The molecule has 0 heterocycles. The molecule has 0 atom stereocenters. The average Bonchev–Trinajstić information content (AvgIpc) is 1.87. The van der Waals surface area contributed by atoms with Crippen LogP contribution in [0.3, 0.4) is 0 Å². The smallest absolute Gasteiger partial charge is 0.301 e. The molecule has 0 aliphatic carbocycles. The highest BCUT2D eigenvalue weighted by molar-refractivity contribution is 14.1. The fourth-order valence-electron chi connectivity index (χ4n) is 1.00. The zero-order chi connectivity index (χ0) is 7.82. The first-order valence-corrected chi connectivity index (χ1v) is 10.4. The normalized spacial score (nSPS) is 10.0. The van der Waals surface area contributed by atoms with E-state index >= 15 is 0 Å². The van der Waals surface area contributed by atoms with Gasteiger partial charge in [0.1, 0.15) is 0 Å². The molecule has 0 aromatic carbocycles. The van der Waals surface area contributed by atoms with Gasteiger partial charge in [0.25, 0.3) is 0 Å². The molecule has 2 heteroatoms. The lowest BCUT2D eigenvalue weighted by Gasteiger charge is -2.02. The number of unbranched alkanes of at least 4 members (excludes halogenated alkanes) is 2. The molecule has 0 aromatic heterocycles. The predicted octanol–water partition coefficient (Wildman–Crippen LogP) is 3.68. The Hall–Kier alpha value is 1.50. The molecule has 0 fully saturated rings. The Kier molecular flexibility index (Phi) is 9.88. The van der Waals surface area contributed by atoms with Gasteiger partial charge in [0.2, 0.25) is 0 Å². The number of hydrogen-bond donors (Lipinski definition) is 0. The predicted molar refractivity (Wildman–Crippen MR) is 57.9 cm³/mol. The van der Waals surface area contributed by atoms with E-state index in [1.807, 2.05) is 0 Å². The molecule has 0 saturated heterocycles. The van der Waals surface area contributed by atoms with Crippen LogP contribution >= 0.6 is 18.9 Å². The Bertz CT molecular complexity index is 64.3. The van der Waals surface area contributed by atoms with Crippen LogP contribution < -0.4 is 0 Å². The molecule has 0 bridgehead atoms. The Morgan fingerprint density at radius 2 is 1.90 bits per heavy atom. The van der Waals surface area contributed by atoms with Crippen molar-refractivity contribution in [2.45, 2.75) is 44.1 Å². The SMILES string of the molecule is CC(C)CCCC[CH2][Mg][I]. The van der Waals surface area contributed by atoms with Crippen molar-refractivity contribution < 1.29 is 0 Å². The summed E-state index contributed by atoms with van der Waals surface area (Å²) in [5.41, 5.74) is 0. The molecular weight excluding hydrogens is 247 g/mol. The Morgan fingerprint density at radius 3 is 2.40 bits per heavy atom. The third kappa shape index (κ3) is 9.50. The van der Waals surface area contributed by atoms with Crippen LogP contribution in [0.4, 0.5) is 0 Å². The standard InChI is InChI=1S/C8H17.HI.Mg/c1-4-5-6-7-8(2)3;;/h8H,1,4-7H2,2-3H3;1H;/q;;+1/p-1. The van der Waals surface area contributed by atoms with Crippen molar-refractivity contribution in [2.24, 2.45) is 5.92 Å². The van der Waals surface area contributed by atoms with E-state index in [9.17, 15) is 0 Å². The van der Waals surface area contributed by atoms with Gasteiger partial charge in [0.15, 0.2) is 0 Å². The topological polar surface area (TPSA) is 0 Å². The highest BCUT2D eigenvalue weighted by Gasteiger charge is 1.94. The zero-order valence-corrected chi connectivity index (χ0v) is 10.8. The van der Waals surface area contributed by atoms with Gasteiger partial charge in [0, 0.05) is 0 Å². The molecule has 0 unspecified atom stereocenters. The molecular formula is C8H17IMg. The lowest BCUT2D eigenvalue weighted by Crippen LogP contribution is -1.87. The summed E-state index contributed by atoms with van der Waals surface area (Å²) >= 11 is 2.93. The Morgan fingerprint density at radius 1 is 1.20 bits per heavy atom. The quantitative estimate of drug-likeness (QED) is 0.390. The van der Waals surface area contributed by atoms with E-state index in [0.717, 1.165) is 5.92 Å². The maximum atomic E-state index is 2.59. The van der Waals surface area contributed by atoms with E-state index in [4.69, 9.17) is 0 Å². The van der Waals surface area contributed by atoms with Gasteiger partial charge in [-0.05, 0) is 5.92 Å². The van der Waals surface area contributed by atoms with Gasteiger partial charge in [-0.2, -0.15) is 0 Å². The van der Waals surface area contributed by atoms with Crippen molar-refractivity contribution >= 4 is 35.3 Å². The van der Waals surface area contributed by atoms with Crippen LogP contribution in [0.2, 0.25) is 4.55 Å². The van der Waals surface area contributed by atoms with Gasteiger partial charge in [0.05, 0.1) is 0 Å². The minimum absolute atomic E-state index is 0.337. The van der Waals surface area contributed by atoms with Crippen LogP contribution in [-0.4, -0.2) is 16.5 Å². The van der Waals surface area contributed by atoms with Gasteiger partial charge in [-0.1, -0.05) is 39.5 Å². The van der Waals surface area contributed by atoms with E-state index in [0.29, 0.717) is 16.5 Å². The summed E-state index contributed by atoms with van der Waals surface area (Å²) in [7, 11) is 0. The van der Waals surface area contributed by atoms with Crippen LogP contribution in [0.15, 0.2) is 0 Å². The van der Waals surface area contributed by atoms with Gasteiger partial charge >= 0.3 is 16.5 Å². The summed E-state index contributed by atoms with van der Waals surface area (Å²) in [4.78, 5) is 0. The molecule has 0 radical (unpaired) electrons. The second-order valence-corrected chi connectivity index (χ2v) is 7.61. The van der Waals surface area contributed by atoms with E-state index < -0.39 is 0 Å². The van der Waals surface area contributed by atoms with Crippen molar-refractivity contribution in [3.05, 3.63) is 0 Å². The van der Waals surface area contributed by atoms with Gasteiger partial charge < -0.3 is 18.9 Å². The summed E-state index contributed by atoms with van der Waals surface area (Å²) in [6.07, 6.45) is 5.88. The third-order valence-electron chi connectivity index (χ3n) is 1.67. The molecule has 0 N–H and O–H groups in total. The van der Waals surface area contributed by atoms with E-state index in [1.165, 1.54) is 25.7 Å². The fraction of sp³-hybridized carbons (Fsp3) is 1.00. The van der Waals surface area contributed by atoms with Crippen LogP contribution in [-0.2, 0) is 0 Å². The molecule has 0 aliphatic rings. The first kappa shape index (κ1) is 11.5. The molecule has 0 amide bonds. The van der Waals surface area contributed by atoms with E-state index in [2.05, 4.69) is 32.7 Å². The van der Waals surface area contributed by atoms with Crippen molar-refractivity contribution in [1.29, 1.82) is 0 Å². The van der Waals surface area contributed by atoms with Gasteiger partial charge in [-0.25, -0.2) is 0 Å². The second kappa shape index (κ2) is 8.59. The molecule has 0 rings (SSSR count). The van der Waals surface area contributed by atoms with E-state index in [-0.39, 0.29) is 0 Å². The van der Waals surface area contributed by atoms with Gasteiger partial charge in [-0.15, -0.1) is 4.55 Å². The largest absolute Gasteiger partial charge is 0.463 e. The maximum Gasteiger partial charge on any atom is 0.463 e. The summed E-state index contributed by atoms with van der Waals surface area (Å²) in [5, 5.41) is 0. The number of rotatable bonds is 6. The van der Waals surface area contributed by atoms with Crippen molar-refractivity contribution in [3.63, 3.8) is 0 Å². The molecule has 0 saturated carbocycles. The number of hydrogen-bond acceptors (Lipinski definition) is 0. The maximum absolute atomic E-state index is 2.59. The summed E-state index contributed by atoms with van der Waals surface area (Å²) in [5.74, 6) is 0.914. The highest BCUT2D eigenvalue weighted by atomic mass is 127. The van der Waals surface area contributed by atoms with Crippen molar-refractivity contribution in [3.8, 4) is 0 Å². The van der Waals surface area contributed by atoms with Crippen LogP contribution in [0.25, 0.3) is 0 Å². The first-order valence-electron chi connectivity index (χ1n) is 4.33. The molecule has 58 valence electrons. The Labute approximate surface area is 84.6 Å². The van der Waals surface area contributed by atoms with Gasteiger partial charge in [-0.3, -0.25) is 0 Å². The van der Waals surface area contributed by atoms with Crippen molar-refractivity contribution in [1.82, 2.24) is 0 Å². The monoisotopic (exact) mass is 264 g/mol. The van der Waals surface area contributed by atoms with Crippen LogP contribution in [0.5, 0.6) is 0 Å². The summed E-state index contributed by atoms with van der Waals surface area (Å²) in [6.45, 7) is 4.63. The average molecular weight is 264 g/mol. The summed E-state index contributed by atoms with van der Waals surface area (Å²) < 4.78 is 1.55. The van der Waals surface area contributed by atoms with Crippen LogP contribution in [0.1, 0.15) is 39.5 Å². The Balaban J connectivity index is 2.77. The summed E-state index contributed by atoms with van der Waals surface area (Å²) in [6, 6.07) is 0. The molecule has 10 heavy (non-hydrogen) atoms. The van der Waals surface area contributed by atoms with E-state index in [1.54, 1.807) is 4.55 Å². The lowest BCUT2D eigenvalue weighted by atomic mass is 10.1. The number of halogens is 1. The first-order chi connectivity index (χ1) is 4.77. The minimum Gasteiger partial charge on any atom is -0.301 e. The second-order valence-electron chi connectivity index (χ2n) is 3.29. The minimum atomic E-state index is 0.337. The fourth-order valence-corrected chi connectivity index (χ4v) is 3.16. The molecule has 0 aromatic rings. The lowest BCUT2D eigenvalue weighted by molar-refractivity contribution is 0.534. The van der Waals surface area contributed by atoms with Crippen LogP contribution in [0, 0.1) is 5.92 Å². The molecule has 0 spiro atoms. The molecule has 0 aliphatic heterocycles. The van der Waals surface area contributed by atoms with Crippen molar-refractivity contribution in [2.75, 3.05) is 0 Å². The zero-order valence-electron chi connectivity index (χ0n) is 7.20. The highest BCUT2D eigenvalue weighted by Crippen LogP contribution is 2.09.